The molecule has 1 aliphatic heterocycles. The fourth-order valence-corrected chi connectivity index (χ4v) is 3.84. The Labute approximate surface area is 168 Å². The highest BCUT2D eigenvalue weighted by Crippen LogP contribution is 2.41. The van der Waals surface area contributed by atoms with Gasteiger partial charge in [0.25, 0.3) is 5.91 Å². The van der Waals surface area contributed by atoms with Crippen LogP contribution in [-0.2, 0) is 11.2 Å². The summed E-state index contributed by atoms with van der Waals surface area (Å²) in [5, 5.41) is 2.85. The van der Waals surface area contributed by atoms with Crippen LogP contribution in [0.25, 0.3) is 0 Å². The van der Waals surface area contributed by atoms with Gasteiger partial charge in [0.15, 0.2) is 11.5 Å². The number of carbonyl (C=O) groups excluding carboxylic acids is 2. The number of amides is 2. The van der Waals surface area contributed by atoms with E-state index in [4.69, 9.17) is 15.2 Å². The van der Waals surface area contributed by atoms with E-state index in [1.807, 2.05) is 38.1 Å². The normalized spacial score (nSPS) is 14.1. The standard InChI is InChI=1S/C21H24N2O4S/c1-21(2)12-14-6-5-8-16(19(14)27-21)26-11-10-23-20(25)15-7-3-4-9-17(15)28-13-18(22)24/h3-9H,10-13H2,1-2H3,(H2,22,24)(H,23,25). The quantitative estimate of drug-likeness (QED) is 0.525. The van der Waals surface area contributed by atoms with Crippen molar-refractivity contribution in [1.29, 1.82) is 0 Å². The van der Waals surface area contributed by atoms with Crippen molar-refractivity contribution in [3.8, 4) is 11.5 Å². The lowest BCUT2D eigenvalue weighted by Crippen LogP contribution is -2.28. The summed E-state index contributed by atoms with van der Waals surface area (Å²) in [5.41, 5.74) is 6.60. The van der Waals surface area contributed by atoms with E-state index in [0.717, 1.165) is 22.6 Å². The smallest absolute Gasteiger partial charge is 0.252 e. The predicted octanol–water partition coefficient (Wildman–Crippen LogP) is 2.79. The maximum Gasteiger partial charge on any atom is 0.252 e. The summed E-state index contributed by atoms with van der Waals surface area (Å²) in [4.78, 5) is 24.2. The molecule has 7 heteroatoms. The van der Waals surface area contributed by atoms with Crippen molar-refractivity contribution in [2.45, 2.75) is 30.8 Å². The Morgan fingerprint density at radius 3 is 2.79 bits per heavy atom. The third-order valence-electron chi connectivity index (χ3n) is 4.20. The molecule has 2 aromatic rings. The van der Waals surface area contributed by atoms with Crippen molar-refractivity contribution in [3.63, 3.8) is 0 Å². The van der Waals surface area contributed by atoms with Crippen molar-refractivity contribution in [2.24, 2.45) is 5.73 Å². The van der Waals surface area contributed by atoms with Gasteiger partial charge in [0.2, 0.25) is 5.91 Å². The van der Waals surface area contributed by atoms with Crippen molar-refractivity contribution in [3.05, 3.63) is 53.6 Å². The SMILES string of the molecule is CC1(C)Cc2cccc(OCCNC(=O)c3ccccc3SCC(N)=O)c2O1. The van der Waals surface area contributed by atoms with Crippen LogP contribution in [0, 0.1) is 0 Å². The molecular weight excluding hydrogens is 376 g/mol. The van der Waals surface area contributed by atoms with Crippen molar-refractivity contribution in [1.82, 2.24) is 5.32 Å². The molecule has 0 spiro atoms. The first-order chi connectivity index (χ1) is 13.4. The third-order valence-corrected chi connectivity index (χ3v) is 5.30. The number of rotatable bonds is 8. The highest BCUT2D eigenvalue weighted by atomic mass is 32.2. The van der Waals surface area contributed by atoms with Crippen LogP contribution < -0.4 is 20.5 Å². The number of benzene rings is 2. The molecule has 1 heterocycles. The number of para-hydroxylation sites is 1. The summed E-state index contributed by atoms with van der Waals surface area (Å²) in [6.07, 6.45) is 0.843. The minimum absolute atomic E-state index is 0.128. The highest BCUT2D eigenvalue weighted by Gasteiger charge is 2.32. The Morgan fingerprint density at radius 2 is 2.00 bits per heavy atom. The van der Waals surface area contributed by atoms with Crippen molar-refractivity contribution >= 4 is 23.6 Å². The summed E-state index contributed by atoms with van der Waals surface area (Å²) in [7, 11) is 0. The molecule has 2 amide bonds. The molecule has 0 fully saturated rings. The number of nitrogens with one attached hydrogen (secondary N) is 1. The van der Waals surface area contributed by atoms with Gasteiger partial charge in [-0.15, -0.1) is 11.8 Å². The van der Waals surface area contributed by atoms with E-state index in [9.17, 15) is 9.59 Å². The number of hydrogen-bond acceptors (Lipinski definition) is 5. The predicted molar refractivity (Wildman–Crippen MR) is 109 cm³/mol. The molecule has 3 rings (SSSR count). The van der Waals surface area contributed by atoms with Crippen LogP contribution in [-0.4, -0.2) is 36.3 Å². The molecule has 0 bridgehead atoms. The number of ether oxygens (including phenoxy) is 2. The molecule has 6 nitrogen and oxygen atoms in total. The minimum Gasteiger partial charge on any atom is -0.488 e. The molecule has 0 aliphatic carbocycles. The summed E-state index contributed by atoms with van der Waals surface area (Å²) >= 11 is 1.25. The van der Waals surface area contributed by atoms with E-state index >= 15 is 0 Å². The van der Waals surface area contributed by atoms with E-state index in [-0.39, 0.29) is 17.3 Å². The second-order valence-electron chi connectivity index (χ2n) is 7.14. The van der Waals surface area contributed by atoms with E-state index in [1.165, 1.54) is 11.8 Å². The first-order valence-corrected chi connectivity index (χ1v) is 10.1. The Bertz CT molecular complexity index is 882. The number of thioether (sulfide) groups is 1. The van der Waals surface area contributed by atoms with Gasteiger partial charge in [-0.1, -0.05) is 24.3 Å². The summed E-state index contributed by atoms with van der Waals surface area (Å²) in [5.74, 6) is 0.964. The second-order valence-corrected chi connectivity index (χ2v) is 8.16. The molecule has 28 heavy (non-hydrogen) atoms. The van der Waals surface area contributed by atoms with Crippen molar-refractivity contribution in [2.75, 3.05) is 18.9 Å². The highest BCUT2D eigenvalue weighted by molar-refractivity contribution is 8.00. The minimum atomic E-state index is -0.422. The first-order valence-electron chi connectivity index (χ1n) is 9.08. The summed E-state index contributed by atoms with van der Waals surface area (Å²) in [6.45, 7) is 4.76. The number of nitrogens with two attached hydrogens (primary N) is 1. The molecule has 3 N–H and O–H groups in total. The first kappa shape index (κ1) is 20.1. The molecule has 0 radical (unpaired) electrons. The number of fused-ring (bicyclic) bond motifs is 1. The van der Waals surface area contributed by atoms with E-state index < -0.39 is 5.91 Å². The van der Waals surface area contributed by atoms with Crippen LogP contribution in [0.15, 0.2) is 47.4 Å². The molecule has 0 atom stereocenters. The van der Waals surface area contributed by atoms with Crippen LogP contribution in [0.3, 0.4) is 0 Å². The molecule has 2 aromatic carbocycles. The van der Waals surface area contributed by atoms with Crippen LogP contribution in [0.4, 0.5) is 0 Å². The van der Waals surface area contributed by atoms with Gasteiger partial charge in [-0.3, -0.25) is 9.59 Å². The fraction of sp³-hybridized carbons (Fsp3) is 0.333. The van der Waals surface area contributed by atoms with Gasteiger partial charge in [-0.2, -0.15) is 0 Å². The maximum atomic E-state index is 12.5. The molecule has 0 unspecified atom stereocenters. The number of hydrogen-bond donors (Lipinski definition) is 2. The van der Waals surface area contributed by atoms with Crippen molar-refractivity contribution < 1.29 is 19.1 Å². The molecular formula is C21H24N2O4S. The zero-order valence-corrected chi connectivity index (χ0v) is 16.8. The van der Waals surface area contributed by atoms with Crippen LogP contribution in [0.2, 0.25) is 0 Å². The zero-order chi connectivity index (χ0) is 20.1. The van der Waals surface area contributed by atoms with E-state index in [0.29, 0.717) is 24.5 Å². The average Bonchev–Trinajstić information content (AvgIpc) is 2.98. The van der Waals surface area contributed by atoms with Crippen LogP contribution in [0.1, 0.15) is 29.8 Å². The molecule has 0 saturated heterocycles. The summed E-state index contributed by atoms with van der Waals surface area (Å²) in [6, 6.07) is 13.0. The van der Waals surface area contributed by atoms with Gasteiger partial charge in [0, 0.05) is 16.9 Å². The monoisotopic (exact) mass is 400 g/mol. The molecule has 148 valence electrons. The van der Waals surface area contributed by atoms with Crippen LogP contribution in [0.5, 0.6) is 11.5 Å². The van der Waals surface area contributed by atoms with Gasteiger partial charge >= 0.3 is 0 Å². The Hall–Kier alpha value is -2.67. The Morgan fingerprint density at radius 1 is 1.21 bits per heavy atom. The zero-order valence-electron chi connectivity index (χ0n) is 16.0. The summed E-state index contributed by atoms with van der Waals surface area (Å²) < 4.78 is 11.8. The topological polar surface area (TPSA) is 90.6 Å². The molecule has 0 saturated carbocycles. The van der Waals surface area contributed by atoms with Crippen LogP contribution >= 0.6 is 11.8 Å². The van der Waals surface area contributed by atoms with Gasteiger partial charge < -0.3 is 20.5 Å². The molecule has 1 aliphatic rings. The van der Waals surface area contributed by atoms with E-state index in [1.54, 1.807) is 18.2 Å². The van der Waals surface area contributed by atoms with Gasteiger partial charge in [-0.25, -0.2) is 0 Å². The number of primary amides is 1. The lowest BCUT2D eigenvalue weighted by atomic mass is 10.0. The largest absolute Gasteiger partial charge is 0.488 e. The fourth-order valence-electron chi connectivity index (χ4n) is 3.05. The molecule has 0 aromatic heterocycles. The lowest BCUT2D eigenvalue weighted by Gasteiger charge is -2.18. The number of carbonyl (C=O) groups is 2. The second kappa shape index (κ2) is 8.56. The Kier molecular flexibility index (Phi) is 6.14. The Balaban J connectivity index is 1.54. The van der Waals surface area contributed by atoms with E-state index in [2.05, 4.69) is 5.32 Å². The third kappa shape index (κ3) is 4.98. The van der Waals surface area contributed by atoms with Gasteiger partial charge in [0.05, 0.1) is 17.9 Å². The maximum absolute atomic E-state index is 12.5. The average molecular weight is 401 g/mol. The van der Waals surface area contributed by atoms with Gasteiger partial charge in [-0.05, 0) is 32.0 Å². The lowest BCUT2D eigenvalue weighted by molar-refractivity contribution is -0.115. The van der Waals surface area contributed by atoms with Gasteiger partial charge in [0.1, 0.15) is 12.2 Å².